The third-order valence-electron chi connectivity index (χ3n) is 4.97. The van der Waals surface area contributed by atoms with Crippen molar-refractivity contribution in [1.29, 1.82) is 0 Å². The second kappa shape index (κ2) is 8.73. The highest BCUT2D eigenvalue weighted by Gasteiger charge is 2.15. The predicted octanol–water partition coefficient (Wildman–Crippen LogP) is 5.84. The SMILES string of the molecule is CCc1sc(-c2ccc(C)nc2)nc1-c1ccc(NC(=O)c2cccc(F)c2C)nc1. The van der Waals surface area contributed by atoms with Crippen LogP contribution in [0.2, 0.25) is 0 Å². The number of rotatable bonds is 5. The number of nitrogens with zero attached hydrogens (tertiary/aromatic N) is 3. The van der Waals surface area contributed by atoms with Gasteiger partial charge in [0.05, 0.1) is 5.69 Å². The number of pyridine rings is 2. The summed E-state index contributed by atoms with van der Waals surface area (Å²) in [5, 5.41) is 3.64. The third kappa shape index (κ3) is 4.36. The highest BCUT2D eigenvalue weighted by Crippen LogP contribution is 2.34. The maximum atomic E-state index is 13.7. The zero-order valence-electron chi connectivity index (χ0n) is 17.4. The first-order valence-electron chi connectivity index (χ1n) is 9.92. The molecule has 0 unspecified atom stereocenters. The second-order valence-electron chi connectivity index (χ2n) is 7.13. The van der Waals surface area contributed by atoms with Crippen molar-refractivity contribution in [3.63, 3.8) is 0 Å². The van der Waals surface area contributed by atoms with Crippen LogP contribution in [0.4, 0.5) is 10.2 Å². The molecule has 0 saturated heterocycles. The molecule has 1 N–H and O–H groups in total. The molecule has 3 aromatic heterocycles. The number of thiazole rings is 1. The Balaban J connectivity index is 1.57. The van der Waals surface area contributed by atoms with E-state index < -0.39 is 11.7 Å². The van der Waals surface area contributed by atoms with E-state index in [0.29, 0.717) is 11.4 Å². The van der Waals surface area contributed by atoms with Crippen molar-refractivity contribution in [2.45, 2.75) is 27.2 Å². The van der Waals surface area contributed by atoms with E-state index in [-0.39, 0.29) is 5.56 Å². The zero-order chi connectivity index (χ0) is 22.0. The summed E-state index contributed by atoms with van der Waals surface area (Å²) in [7, 11) is 0. The molecule has 1 aromatic carbocycles. The van der Waals surface area contributed by atoms with E-state index in [2.05, 4.69) is 22.2 Å². The second-order valence-corrected chi connectivity index (χ2v) is 8.21. The summed E-state index contributed by atoms with van der Waals surface area (Å²) in [6.07, 6.45) is 4.38. The van der Waals surface area contributed by atoms with Gasteiger partial charge >= 0.3 is 0 Å². The standard InChI is InChI=1S/C24H21FN4OS/c1-4-20-22(29-24(31-20)17-9-8-14(2)26-13-17)16-10-11-21(27-12-16)28-23(30)18-6-5-7-19(25)15(18)3/h5-13H,4H2,1-3H3,(H,27,28,30). The van der Waals surface area contributed by atoms with Crippen LogP contribution in [0.15, 0.2) is 54.9 Å². The van der Waals surface area contributed by atoms with Crippen molar-refractivity contribution in [3.8, 4) is 21.8 Å². The molecule has 31 heavy (non-hydrogen) atoms. The third-order valence-corrected chi connectivity index (χ3v) is 6.22. The van der Waals surface area contributed by atoms with Gasteiger partial charge in [-0.25, -0.2) is 14.4 Å². The van der Waals surface area contributed by atoms with Crippen molar-refractivity contribution >= 4 is 23.1 Å². The average Bonchev–Trinajstić information content (AvgIpc) is 3.21. The van der Waals surface area contributed by atoms with Gasteiger partial charge in [-0.3, -0.25) is 9.78 Å². The van der Waals surface area contributed by atoms with Crippen LogP contribution in [0.1, 0.15) is 33.4 Å². The molecule has 0 bridgehead atoms. The van der Waals surface area contributed by atoms with Gasteiger partial charge in [0.1, 0.15) is 16.6 Å². The summed E-state index contributed by atoms with van der Waals surface area (Å²) < 4.78 is 13.7. The van der Waals surface area contributed by atoms with Crippen LogP contribution in [0.5, 0.6) is 0 Å². The molecule has 4 aromatic rings. The molecule has 156 valence electrons. The first kappa shape index (κ1) is 20.8. The fraction of sp³-hybridized carbons (Fsp3) is 0.167. The van der Waals surface area contributed by atoms with Gasteiger partial charge in [0.25, 0.3) is 5.91 Å². The van der Waals surface area contributed by atoms with Gasteiger partial charge in [-0.15, -0.1) is 11.3 Å². The van der Waals surface area contributed by atoms with Crippen LogP contribution in [0.3, 0.4) is 0 Å². The molecule has 7 heteroatoms. The lowest BCUT2D eigenvalue weighted by Gasteiger charge is -2.08. The Kier molecular flexibility index (Phi) is 5.86. The molecule has 5 nitrogen and oxygen atoms in total. The Morgan fingerprint density at radius 3 is 2.48 bits per heavy atom. The first-order valence-corrected chi connectivity index (χ1v) is 10.7. The minimum atomic E-state index is -0.411. The molecule has 0 atom stereocenters. The number of halogens is 1. The van der Waals surface area contributed by atoms with Crippen LogP contribution < -0.4 is 5.32 Å². The lowest BCUT2D eigenvalue weighted by atomic mass is 10.1. The monoisotopic (exact) mass is 432 g/mol. The first-order chi connectivity index (χ1) is 15.0. The number of carbonyl (C=O) groups is 1. The summed E-state index contributed by atoms with van der Waals surface area (Å²) in [5.41, 5.74) is 4.30. The molecule has 4 rings (SSSR count). The number of carbonyl (C=O) groups excluding carboxylic acids is 1. The number of benzene rings is 1. The van der Waals surface area contributed by atoms with E-state index in [4.69, 9.17) is 4.98 Å². The molecule has 0 fully saturated rings. The molecule has 0 radical (unpaired) electrons. The Morgan fingerprint density at radius 1 is 1.03 bits per heavy atom. The van der Waals surface area contributed by atoms with Crippen LogP contribution >= 0.6 is 11.3 Å². The van der Waals surface area contributed by atoms with E-state index in [1.54, 1.807) is 36.6 Å². The van der Waals surface area contributed by atoms with Crippen LogP contribution in [-0.4, -0.2) is 20.9 Å². The fourth-order valence-electron chi connectivity index (χ4n) is 3.18. The summed E-state index contributed by atoms with van der Waals surface area (Å²) in [4.78, 5) is 27.2. The van der Waals surface area contributed by atoms with Crippen molar-refractivity contribution in [3.05, 3.63) is 82.4 Å². The van der Waals surface area contributed by atoms with E-state index in [1.165, 1.54) is 12.1 Å². The maximum Gasteiger partial charge on any atom is 0.257 e. The van der Waals surface area contributed by atoms with Crippen molar-refractivity contribution in [2.75, 3.05) is 5.32 Å². The maximum absolute atomic E-state index is 13.7. The van der Waals surface area contributed by atoms with Gasteiger partial charge in [-0.2, -0.15) is 0 Å². The Hall–Kier alpha value is -3.45. The smallest absolute Gasteiger partial charge is 0.257 e. The van der Waals surface area contributed by atoms with Gasteiger partial charge in [-0.1, -0.05) is 13.0 Å². The highest BCUT2D eigenvalue weighted by atomic mass is 32.1. The molecular formula is C24H21FN4OS. The lowest BCUT2D eigenvalue weighted by molar-refractivity contribution is 0.102. The Morgan fingerprint density at radius 2 is 1.81 bits per heavy atom. The molecule has 0 aliphatic carbocycles. The van der Waals surface area contributed by atoms with E-state index >= 15 is 0 Å². The van der Waals surface area contributed by atoms with E-state index in [1.807, 2.05) is 31.3 Å². The fourth-order valence-corrected chi connectivity index (χ4v) is 4.19. The highest BCUT2D eigenvalue weighted by molar-refractivity contribution is 7.15. The van der Waals surface area contributed by atoms with Gasteiger partial charge in [0.15, 0.2) is 0 Å². The number of anilines is 1. The number of hydrogen-bond acceptors (Lipinski definition) is 5. The van der Waals surface area contributed by atoms with Crippen molar-refractivity contribution in [2.24, 2.45) is 0 Å². The normalized spacial score (nSPS) is 10.8. The van der Waals surface area contributed by atoms with Crippen LogP contribution in [-0.2, 0) is 6.42 Å². The number of aryl methyl sites for hydroxylation is 2. The summed E-state index contributed by atoms with van der Waals surface area (Å²) in [5.74, 6) is -0.408. The predicted molar refractivity (Wildman–Crippen MR) is 122 cm³/mol. The Labute approximate surface area is 184 Å². The van der Waals surface area contributed by atoms with Crippen LogP contribution in [0, 0.1) is 19.7 Å². The van der Waals surface area contributed by atoms with E-state index in [9.17, 15) is 9.18 Å². The van der Waals surface area contributed by atoms with Gasteiger partial charge < -0.3 is 5.32 Å². The lowest BCUT2D eigenvalue weighted by Crippen LogP contribution is -2.14. The minimum Gasteiger partial charge on any atom is -0.307 e. The topological polar surface area (TPSA) is 67.8 Å². The average molecular weight is 433 g/mol. The molecule has 0 spiro atoms. The molecule has 0 aliphatic rings. The Bertz CT molecular complexity index is 1230. The minimum absolute atomic E-state index is 0.287. The molecule has 0 aliphatic heterocycles. The van der Waals surface area contributed by atoms with E-state index in [0.717, 1.165) is 38.8 Å². The largest absolute Gasteiger partial charge is 0.307 e. The quantitative estimate of drug-likeness (QED) is 0.430. The molecule has 1 amide bonds. The van der Waals surface area contributed by atoms with Crippen molar-refractivity contribution in [1.82, 2.24) is 15.0 Å². The zero-order valence-corrected chi connectivity index (χ0v) is 18.3. The van der Waals surface area contributed by atoms with Gasteiger partial charge in [-0.05, 0) is 62.2 Å². The number of nitrogens with one attached hydrogen (secondary N) is 1. The summed E-state index contributed by atoms with van der Waals surface area (Å²) >= 11 is 1.64. The summed E-state index contributed by atoms with van der Waals surface area (Å²) in [6.45, 7) is 5.63. The van der Waals surface area contributed by atoms with Gasteiger partial charge in [0.2, 0.25) is 0 Å². The molecule has 0 saturated carbocycles. The van der Waals surface area contributed by atoms with Crippen LogP contribution in [0.25, 0.3) is 21.8 Å². The number of aromatic nitrogens is 3. The summed E-state index contributed by atoms with van der Waals surface area (Å²) in [6, 6.07) is 12.0. The molecule has 3 heterocycles. The number of hydrogen-bond donors (Lipinski definition) is 1. The number of amides is 1. The van der Waals surface area contributed by atoms with Gasteiger partial charge in [0, 0.05) is 39.7 Å². The van der Waals surface area contributed by atoms with Crippen molar-refractivity contribution < 1.29 is 9.18 Å². The molecular weight excluding hydrogens is 411 g/mol.